The van der Waals surface area contributed by atoms with Crippen molar-refractivity contribution in [3.8, 4) is 0 Å². The van der Waals surface area contributed by atoms with Crippen LogP contribution in [-0.2, 0) is 9.53 Å². The monoisotopic (exact) mass is 203 g/mol. The molecule has 4 nitrogen and oxygen atoms in total. The maximum absolute atomic E-state index is 10.9. The van der Waals surface area contributed by atoms with E-state index < -0.39 is 5.97 Å². The third-order valence-electron chi connectivity index (χ3n) is 1.97. The van der Waals surface area contributed by atoms with Gasteiger partial charge in [-0.15, -0.1) is 0 Å². The molecule has 2 rings (SSSR count). The minimum atomic E-state index is -0.416. The first-order chi connectivity index (χ1) is 7.31. The van der Waals surface area contributed by atoms with Crippen LogP contribution < -0.4 is 0 Å². The number of hydrogen-bond acceptors (Lipinski definition) is 4. The maximum Gasteiger partial charge on any atom is 0.330 e. The molecule has 15 heavy (non-hydrogen) atoms. The van der Waals surface area contributed by atoms with Crippen molar-refractivity contribution in [3.63, 3.8) is 0 Å². The van der Waals surface area contributed by atoms with Gasteiger partial charge in [0.2, 0.25) is 0 Å². The number of rotatable bonds is 2. The second-order valence-electron chi connectivity index (χ2n) is 2.89. The quantitative estimate of drug-likeness (QED) is 0.553. The molecular formula is C11H9NO3. The van der Waals surface area contributed by atoms with Crippen molar-refractivity contribution in [1.29, 1.82) is 0 Å². The molecule has 2 aromatic rings. The third kappa shape index (κ3) is 1.88. The molecule has 0 aliphatic rings. The van der Waals surface area contributed by atoms with Crippen LogP contribution in [-0.4, -0.2) is 18.1 Å². The second kappa shape index (κ2) is 3.96. The summed E-state index contributed by atoms with van der Waals surface area (Å²) in [7, 11) is 1.33. The maximum atomic E-state index is 10.9. The lowest BCUT2D eigenvalue weighted by atomic mass is 10.2. The molecule has 0 radical (unpaired) electrons. The molecular weight excluding hydrogens is 194 g/mol. The summed E-state index contributed by atoms with van der Waals surface area (Å²) in [5.74, 6) is -0.416. The Morgan fingerprint density at radius 3 is 3.20 bits per heavy atom. The van der Waals surface area contributed by atoms with E-state index in [4.69, 9.17) is 4.42 Å². The lowest BCUT2D eigenvalue weighted by Crippen LogP contribution is -1.93. The van der Waals surface area contributed by atoms with E-state index in [1.54, 1.807) is 18.5 Å². The van der Waals surface area contributed by atoms with Crippen LogP contribution in [0.25, 0.3) is 17.0 Å². The van der Waals surface area contributed by atoms with Gasteiger partial charge < -0.3 is 9.15 Å². The molecule has 0 atom stereocenters. The Labute approximate surface area is 86.2 Å². The summed E-state index contributed by atoms with van der Waals surface area (Å²) in [5.41, 5.74) is 1.28. The smallest absolute Gasteiger partial charge is 0.330 e. The lowest BCUT2D eigenvalue weighted by molar-refractivity contribution is -0.134. The van der Waals surface area contributed by atoms with Crippen LogP contribution >= 0.6 is 0 Å². The predicted molar refractivity (Wildman–Crippen MR) is 55.1 cm³/mol. The molecule has 0 saturated heterocycles. The number of hydrogen-bond donors (Lipinski definition) is 0. The molecule has 0 N–H and O–H groups in total. The van der Waals surface area contributed by atoms with E-state index in [9.17, 15) is 4.79 Å². The van der Waals surface area contributed by atoms with E-state index >= 15 is 0 Å². The number of carbonyl (C=O) groups excluding carboxylic acids is 1. The third-order valence-corrected chi connectivity index (χ3v) is 1.97. The van der Waals surface area contributed by atoms with Gasteiger partial charge in [0.25, 0.3) is 0 Å². The highest BCUT2D eigenvalue weighted by Gasteiger charge is 2.02. The zero-order valence-electron chi connectivity index (χ0n) is 8.14. The molecule has 0 aliphatic carbocycles. The summed E-state index contributed by atoms with van der Waals surface area (Å²) < 4.78 is 9.73. The van der Waals surface area contributed by atoms with E-state index in [2.05, 4.69) is 9.72 Å². The Bertz CT molecular complexity index is 513. The zero-order chi connectivity index (χ0) is 10.7. The topological polar surface area (TPSA) is 52.3 Å². The van der Waals surface area contributed by atoms with Crippen molar-refractivity contribution in [2.75, 3.05) is 7.11 Å². The Morgan fingerprint density at radius 2 is 2.40 bits per heavy atom. The van der Waals surface area contributed by atoms with Gasteiger partial charge in [-0.2, -0.15) is 0 Å². The van der Waals surface area contributed by atoms with E-state index in [-0.39, 0.29) is 0 Å². The number of ether oxygens (including phenoxy) is 1. The summed E-state index contributed by atoms with van der Waals surface area (Å²) in [6.45, 7) is 0. The summed E-state index contributed by atoms with van der Waals surface area (Å²) in [6, 6.07) is 3.68. The molecule has 2 heterocycles. The van der Waals surface area contributed by atoms with Crippen LogP contribution in [0.3, 0.4) is 0 Å². The highest BCUT2D eigenvalue weighted by molar-refractivity contribution is 5.90. The van der Waals surface area contributed by atoms with Crippen molar-refractivity contribution in [2.45, 2.75) is 0 Å². The van der Waals surface area contributed by atoms with Gasteiger partial charge in [0.1, 0.15) is 5.69 Å². The van der Waals surface area contributed by atoms with Crippen LogP contribution in [0.15, 0.2) is 35.1 Å². The van der Waals surface area contributed by atoms with E-state index in [1.165, 1.54) is 13.2 Å². The number of aromatic nitrogens is 1. The number of carbonyl (C=O) groups is 1. The molecule has 0 fully saturated rings. The first-order valence-electron chi connectivity index (χ1n) is 4.39. The molecule has 76 valence electrons. The van der Waals surface area contributed by atoms with Crippen LogP contribution in [0, 0.1) is 0 Å². The Hall–Kier alpha value is -2.10. The number of pyridine rings is 1. The summed E-state index contributed by atoms with van der Waals surface area (Å²) >= 11 is 0. The summed E-state index contributed by atoms with van der Waals surface area (Å²) in [5, 5.41) is 0.953. The highest BCUT2D eigenvalue weighted by Crippen LogP contribution is 2.18. The number of methoxy groups -OCH3 is 1. The molecule has 0 saturated carbocycles. The lowest BCUT2D eigenvalue weighted by Gasteiger charge is -1.93. The van der Waals surface area contributed by atoms with Gasteiger partial charge in [0, 0.05) is 17.7 Å². The van der Waals surface area contributed by atoms with E-state index in [0.717, 1.165) is 5.39 Å². The SMILES string of the molecule is COC(=O)C=Cc1nccc2ccoc12. The first kappa shape index (κ1) is 9.45. The summed E-state index contributed by atoms with van der Waals surface area (Å²) in [4.78, 5) is 15.0. The number of nitrogens with zero attached hydrogens (tertiary/aromatic N) is 1. The van der Waals surface area contributed by atoms with E-state index in [0.29, 0.717) is 11.3 Å². The van der Waals surface area contributed by atoms with Gasteiger partial charge in [0.05, 0.1) is 13.4 Å². The minimum Gasteiger partial charge on any atom is -0.466 e. The number of furan rings is 1. The fourth-order valence-electron chi connectivity index (χ4n) is 1.25. The molecule has 0 unspecified atom stereocenters. The fourth-order valence-corrected chi connectivity index (χ4v) is 1.25. The first-order valence-corrected chi connectivity index (χ1v) is 4.39. The van der Waals surface area contributed by atoms with Gasteiger partial charge in [0.15, 0.2) is 5.58 Å². The molecule has 2 aromatic heterocycles. The molecule has 0 amide bonds. The average Bonchev–Trinajstić information content (AvgIpc) is 2.74. The van der Waals surface area contributed by atoms with Crippen molar-refractivity contribution < 1.29 is 13.9 Å². The molecule has 4 heteroatoms. The highest BCUT2D eigenvalue weighted by atomic mass is 16.5. The van der Waals surface area contributed by atoms with Gasteiger partial charge in [-0.3, -0.25) is 4.98 Å². The Morgan fingerprint density at radius 1 is 1.53 bits per heavy atom. The predicted octanol–water partition coefficient (Wildman–Crippen LogP) is 2.01. The van der Waals surface area contributed by atoms with Crippen molar-refractivity contribution in [3.05, 3.63) is 36.4 Å². The van der Waals surface area contributed by atoms with Crippen molar-refractivity contribution in [1.82, 2.24) is 4.98 Å². The normalized spacial score (nSPS) is 11.0. The van der Waals surface area contributed by atoms with Crippen molar-refractivity contribution in [2.24, 2.45) is 0 Å². The van der Waals surface area contributed by atoms with Gasteiger partial charge in [-0.25, -0.2) is 4.79 Å². The molecule has 0 bridgehead atoms. The standard InChI is InChI=1S/C11H9NO3/c1-14-10(13)3-2-9-11-8(4-6-12-9)5-7-15-11/h2-7H,1H3. The second-order valence-corrected chi connectivity index (χ2v) is 2.89. The Kier molecular flexibility index (Phi) is 2.49. The largest absolute Gasteiger partial charge is 0.466 e. The van der Waals surface area contributed by atoms with Crippen molar-refractivity contribution >= 4 is 23.0 Å². The molecule has 0 aliphatic heterocycles. The van der Waals surface area contributed by atoms with Gasteiger partial charge in [-0.1, -0.05) is 0 Å². The van der Waals surface area contributed by atoms with Crippen LogP contribution in [0.5, 0.6) is 0 Å². The number of fused-ring (bicyclic) bond motifs is 1. The van der Waals surface area contributed by atoms with E-state index in [1.807, 2.05) is 12.1 Å². The minimum absolute atomic E-state index is 0.416. The molecule has 0 spiro atoms. The van der Waals surface area contributed by atoms with Gasteiger partial charge >= 0.3 is 5.97 Å². The van der Waals surface area contributed by atoms with Gasteiger partial charge in [-0.05, 0) is 18.2 Å². The van der Waals surface area contributed by atoms with Crippen LogP contribution in [0.2, 0.25) is 0 Å². The zero-order valence-corrected chi connectivity index (χ0v) is 8.14. The number of esters is 1. The average molecular weight is 203 g/mol. The summed E-state index contributed by atoms with van der Waals surface area (Å²) in [6.07, 6.45) is 6.12. The van der Waals surface area contributed by atoms with Crippen LogP contribution in [0.1, 0.15) is 5.69 Å². The van der Waals surface area contributed by atoms with Crippen LogP contribution in [0.4, 0.5) is 0 Å². The fraction of sp³-hybridized carbons (Fsp3) is 0.0909. The Balaban J connectivity index is 2.39. The molecule has 0 aromatic carbocycles.